The summed E-state index contributed by atoms with van der Waals surface area (Å²) in [6.45, 7) is 3.51. The van der Waals surface area contributed by atoms with Crippen molar-refractivity contribution in [1.29, 1.82) is 0 Å². The summed E-state index contributed by atoms with van der Waals surface area (Å²) >= 11 is 0. The third kappa shape index (κ3) is 3.57. The fraction of sp³-hybridized carbons (Fsp3) is 0.562. The molecule has 1 fully saturated rings. The van der Waals surface area contributed by atoms with Crippen molar-refractivity contribution in [3.63, 3.8) is 0 Å². The number of amides is 1. The Morgan fingerprint density at radius 2 is 2.11 bits per heavy atom. The van der Waals surface area contributed by atoms with Crippen LogP contribution in [0.1, 0.15) is 38.2 Å². The normalized spacial score (nSPS) is 21.5. The van der Waals surface area contributed by atoms with Crippen molar-refractivity contribution in [1.82, 2.24) is 4.90 Å². The maximum Gasteiger partial charge on any atom is 0.228 e. The molecule has 1 heterocycles. The summed E-state index contributed by atoms with van der Waals surface area (Å²) in [5.74, 6) is -0.0755. The number of aliphatic hydroxyl groups excluding tert-OH is 1. The van der Waals surface area contributed by atoms with Crippen molar-refractivity contribution in [3.05, 3.63) is 35.9 Å². The molecule has 3 nitrogen and oxygen atoms in total. The van der Waals surface area contributed by atoms with Gasteiger partial charge in [-0.3, -0.25) is 4.79 Å². The third-order valence-electron chi connectivity index (χ3n) is 3.84. The van der Waals surface area contributed by atoms with Crippen LogP contribution in [0.5, 0.6) is 0 Å². The highest BCUT2D eigenvalue weighted by Crippen LogP contribution is 2.24. The Bertz CT molecular complexity index is 404. The average Bonchev–Trinajstić information content (AvgIpc) is 2.42. The van der Waals surface area contributed by atoms with Crippen LogP contribution in [-0.4, -0.2) is 28.6 Å². The Labute approximate surface area is 115 Å². The van der Waals surface area contributed by atoms with Gasteiger partial charge in [0.25, 0.3) is 0 Å². The summed E-state index contributed by atoms with van der Waals surface area (Å²) in [4.78, 5) is 14.3. The van der Waals surface area contributed by atoms with Gasteiger partial charge in [-0.05, 0) is 24.8 Å². The lowest BCUT2D eigenvalue weighted by Crippen LogP contribution is -2.45. The van der Waals surface area contributed by atoms with Crippen molar-refractivity contribution in [2.75, 3.05) is 6.54 Å². The number of aliphatic hydroxyl groups is 1. The number of piperidine rings is 1. The minimum atomic E-state index is -0.476. The molecule has 0 saturated carbocycles. The summed E-state index contributed by atoms with van der Waals surface area (Å²) in [5, 5.41) is 10.1. The lowest BCUT2D eigenvalue weighted by molar-refractivity contribution is -0.143. The highest BCUT2D eigenvalue weighted by molar-refractivity contribution is 5.80. The molecule has 19 heavy (non-hydrogen) atoms. The molecule has 0 aromatic heterocycles. The lowest BCUT2D eigenvalue weighted by atomic mass is 9.89. The first-order chi connectivity index (χ1) is 9.22. The second-order valence-electron chi connectivity index (χ2n) is 5.35. The molecular formula is C16H23NO2. The van der Waals surface area contributed by atoms with Crippen molar-refractivity contribution in [3.8, 4) is 0 Å². The second kappa shape index (κ2) is 6.71. The number of likely N-dealkylation sites (tertiary alicyclic amines) is 1. The Morgan fingerprint density at radius 3 is 2.79 bits per heavy atom. The summed E-state index contributed by atoms with van der Waals surface area (Å²) < 4.78 is 0. The van der Waals surface area contributed by atoms with Gasteiger partial charge in [0.15, 0.2) is 0 Å². The molecule has 1 aliphatic rings. The van der Waals surface area contributed by atoms with Gasteiger partial charge in [-0.1, -0.05) is 43.7 Å². The van der Waals surface area contributed by atoms with Crippen LogP contribution in [0.15, 0.2) is 30.3 Å². The van der Waals surface area contributed by atoms with E-state index in [1.807, 2.05) is 42.2 Å². The minimum absolute atomic E-state index is 0.121. The molecule has 104 valence electrons. The van der Waals surface area contributed by atoms with E-state index in [-0.39, 0.29) is 11.8 Å². The third-order valence-corrected chi connectivity index (χ3v) is 3.84. The van der Waals surface area contributed by atoms with Crippen LogP contribution in [0.2, 0.25) is 0 Å². The molecule has 1 aliphatic heterocycles. The summed E-state index contributed by atoms with van der Waals surface area (Å²) in [5.41, 5.74) is 1.15. The molecule has 0 bridgehead atoms. The van der Waals surface area contributed by atoms with Crippen molar-refractivity contribution in [2.24, 2.45) is 5.92 Å². The monoisotopic (exact) mass is 261 g/mol. The molecule has 0 aliphatic carbocycles. The fourth-order valence-corrected chi connectivity index (χ4v) is 2.78. The van der Waals surface area contributed by atoms with Crippen LogP contribution in [0.25, 0.3) is 0 Å². The minimum Gasteiger partial charge on any atom is -0.392 e. The SMILES string of the molecule is CCC[C@@H](O)[C@@H]1CCCN(Cc2ccccc2)C1=O. The Kier molecular flexibility index (Phi) is 4.97. The average molecular weight is 261 g/mol. The zero-order valence-electron chi connectivity index (χ0n) is 11.6. The molecule has 2 atom stereocenters. The van der Waals surface area contributed by atoms with E-state index in [1.54, 1.807) is 0 Å². The number of hydrogen-bond donors (Lipinski definition) is 1. The fourth-order valence-electron chi connectivity index (χ4n) is 2.78. The Hall–Kier alpha value is -1.35. The molecule has 0 spiro atoms. The molecule has 3 heteroatoms. The number of benzene rings is 1. The summed E-state index contributed by atoms with van der Waals surface area (Å²) in [6.07, 6.45) is 2.98. The van der Waals surface area contributed by atoms with E-state index < -0.39 is 6.10 Å². The highest BCUT2D eigenvalue weighted by Gasteiger charge is 2.33. The smallest absolute Gasteiger partial charge is 0.228 e. The zero-order chi connectivity index (χ0) is 13.7. The van der Waals surface area contributed by atoms with Crippen LogP contribution in [0.3, 0.4) is 0 Å². The second-order valence-corrected chi connectivity index (χ2v) is 5.35. The van der Waals surface area contributed by atoms with E-state index in [9.17, 15) is 9.90 Å². The molecule has 1 amide bonds. The van der Waals surface area contributed by atoms with Gasteiger partial charge in [0.05, 0.1) is 12.0 Å². The largest absolute Gasteiger partial charge is 0.392 e. The molecule has 1 saturated heterocycles. The quantitative estimate of drug-likeness (QED) is 0.885. The first kappa shape index (κ1) is 14.1. The number of rotatable bonds is 5. The molecule has 1 N–H and O–H groups in total. The van der Waals surface area contributed by atoms with Gasteiger partial charge >= 0.3 is 0 Å². The van der Waals surface area contributed by atoms with Gasteiger partial charge in [0, 0.05) is 13.1 Å². The number of carbonyl (C=O) groups is 1. The standard InChI is InChI=1S/C16H23NO2/c1-2-7-15(18)14-10-6-11-17(16(14)19)12-13-8-4-3-5-9-13/h3-5,8-9,14-15,18H,2,6-7,10-12H2,1H3/t14-,15+/m0/s1. The van der Waals surface area contributed by atoms with Gasteiger partial charge < -0.3 is 10.0 Å². The molecule has 0 radical (unpaired) electrons. The van der Waals surface area contributed by atoms with E-state index in [4.69, 9.17) is 0 Å². The molecule has 1 aromatic carbocycles. The van der Waals surface area contributed by atoms with E-state index in [2.05, 4.69) is 0 Å². The highest BCUT2D eigenvalue weighted by atomic mass is 16.3. The summed E-state index contributed by atoms with van der Waals surface area (Å²) in [7, 11) is 0. The lowest BCUT2D eigenvalue weighted by Gasteiger charge is -2.34. The van der Waals surface area contributed by atoms with Gasteiger partial charge in [-0.15, -0.1) is 0 Å². The number of carbonyl (C=O) groups excluding carboxylic acids is 1. The van der Waals surface area contributed by atoms with E-state index in [0.717, 1.165) is 37.8 Å². The first-order valence-corrected chi connectivity index (χ1v) is 7.23. The van der Waals surface area contributed by atoms with Gasteiger partial charge in [-0.25, -0.2) is 0 Å². The predicted molar refractivity (Wildman–Crippen MR) is 75.5 cm³/mol. The number of hydrogen-bond acceptors (Lipinski definition) is 2. The number of nitrogens with zero attached hydrogens (tertiary/aromatic N) is 1. The maximum atomic E-state index is 12.4. The zero-order valence-corrected chi connectivity index (χ0v) is 11.6. The molecule has 1 aromatic rings. The van der Waals surface area contributed by atoms with E-state index in [0.29, 0.717) is 6.54 Å². The van der Waals surface area contributed by atoms with Gasteiger partial charge in [0.2, 0.25) is 5.91 Å². The van der Waals surface area contributed by atoms with E-state index in [1.165, 1.54) is 0 Å². The van der Waals surface area contributed by atoms with Crippen molar-refractivity contribution >= 4 is 5.91 Å². The Morgan fingerprint density at radius 1 is 1.37 bits per heavy atom. The molecule has 0 unspecified atom stereocenters. The van der Waals surface area contributed by atoms with Gasteiger partial charge in [-0.2, -0.15) is 0 Å². The van der Waals surface area contributed by atoms with Gasteiger partial charge in [0.1, 0.15) is 0 Å². The maximum absolute atomic E-state index is 12.4. The van der Waals surface area contributed by atoms with Crippen LogP contribution >= 0.6 is 0 Å². The van der Waals surface area contributed by atoms with Crippen LogP contribution in [0.4, 0.5) is 0 Å². The van der Waals surface area contributed by atoms with Crippen molar-refractivity contribution < 1.29 is 9.90 Å². The topological polar surface area (TPSA) is 40.5 Å². The first-order valence-electron chi connectivity index (χ1n) is 7.23. The Balaban J connectivity index is 2.00. The van der Waals surface area contributed by atoms with Crippen LogP contribution < -0.4 is 0 Å². The van der Waals surface area contributed by atoms with Crippen LogP contribution in [0, 0.1) is 5.92 Å². The molecule has 2 rings (SSSR count). The predicted octanol–water partition coefficient (Wildman–Crippen LogP) is 2.59. The van der Waals surface area contributed by atoms with Crippen molar-refractivity contribution in [2.45, 2.75) is 45.3 Å². The van der Waals surface area contributed by atoms with E-state index >= 15 is 0 Å². The molecular weight excluding hydrogens is 238 g/mol. The van der Waals surface area contributed by atoms with Crippen LogP contribution in [-0.2, 0) is 11.3 Å². The summed E-state index contributed by atoms with van der Waals surface area (Å²) in [6, 6.07) is 10.0.